The molecule has 0 rings (SSSR count). The average molecular weight is 515 g/mol. The van der Waals surface area contributed by atoms with Crippen molar-refractivity contribution in [3.05, 3.63) is 12.7 Å². The van der Waals surface area contributed by atoms with Gasteiger partial charge in [0.25, 0.3) is 0 Å². The van der Waals surface area contributed by atoms with Gasteiger partial charge in [0.05, 0.1) is 12.2 Å². The Morgan fingerprint density at radius 1 is 0.941 bits per heavy atom. The molecule has 0 unspecified atom stereocenters. The van der Waals surface area contributed by atoms with E-state index in [1.165, 1.54) is 0 Å². The fraction of sp³-hybridized carbons (Fsp3) is 0.893. The van der Waals surface area contributed by atoms with Gasteiger partial charge in [0.2, 0.25) is 0 Å². The van der Waals surface area contributed by atoms with E-state index in [9.17, 15) is 9.90 Å². The molecule has 6 heteroatoms. The summed E-state index contributed by atoms with van der Waals surface area (Å²) in [6.07, 6.45) is 5.84. The molecule has 0 spiro atoms. The summed E-state index contributed by atoms with van der Waals surface area (Å²) in [6, 6.07) is 0. The fourth-order valence-electron chi connectivity index (χ4n) is 3.27. The van der Waals surface area contributed by atoms with E-state index in [1.807, 2.05) is 13.0 Å². The monoisotopic (exact) mass is 514 g/mol. The first kappa shape index (κ1) is 33.7. The van der Waals surface area contributed by atoms with Crippen molar-refractivity contribution in [2.45, 2.75) is 142 Å². The smallest absolute Gasteiger partial charge is 0.192 e. The summed E-state index contributed by atoms with van der Waals surface area (Å²) in [6.45, 7) is 31.0. The molecule has 0 aromatic rings. The summed E-state index contributed by atoms with van der Waals surface area (Å²) in [5.41, 5.74) is 0. The van der Waals surface area contributed by atoms with E-state index in [1.54, 1.807) is 0 Å². The Bertz CT molecular complexity index is 617. The maximum atomic E-state index is 13.1. The number of ketones is 1. The summed E-state index contributed by atoms with van der Waals surface area (Å²) < 4.78 is 13.0. The van der Waals surface area contributed by atoms with Crippen molar-refractivity contribution in [3.8, 4) is 0 Å². The molecule has 0 aliphatic carbocycles. The minimum atomic E-state index is -1.98. The summed E-state index contributed by atoms with van der Waals surface area (Å²) in [4.78, 5) is 13.1. The van der Waals surface area contributed by atoms with Crippen molar-refractivity contribution < 1.29 is 18.8 Å². The third-order valence-electron chi connectivity index (χ3n) is 8.21. The van der Waals surface area contributed by atoms with Gasteiger partial charge in [-0.1, -0.05) is 61.5 Å². The van der Waals surface area contributed by atoms with Crippen molar-refractivity contribution >= 4 is 22.4 Å². The molecule has 0 saturated heterocycles. The molecule has 0 aromatic carbocycles. The Labute approximate surface area is 214 Å². The highest BCUT2D eigenvalue weighted by Crippen LogP contribution is 2.39. The van der Waals surface area contributed by atoms with Crippen molar-refractivity contribution in [1.82, 2.24) is 0 Å². The lowest BCUT2D eigenvalue weighted by atomic mass is 9.90. The van der Waals surface area contributed by atoms with Gasteiger partial charge in [-0.2, -0.15) is 0 Å². The largest absolute Gasteiger partial charge is 0.417 e. The normalized spacial score (nSPS) is 17.2. The number of carbonyl (C=O) groups is 1. The van der Waals surface area contributed by atoms with Gasteiger partial charge in [0.1, 0.15) is 5.78 Å². The molecule has 34 heavy (non-hydrogen) atoms. The summed E-state index contributed by atoms with van der Waals surface area (Å²) >= 11 is 0. The van der Waals surface area contributed by atoms with E-state index in [4.69, 9.17) is 8.85 Å². The van der Waals surface area contributed by atoms with Crippen LogP contribution in [0.25, 0.3) is 0 Å². The predicted octanol–water partition coefficient (Wildman–Crippen LogP) is 8.13. The quantitative estimate of drug-likeness (QED) is 0.128. The van der Waals surface area contributed by atoms with Crippen LogP contribution >= 0.6 is 0 Å². The SMILES string of the molecule is C=CCCC[C@H](CC(=O)[C@H](C)[C@@H](O)CC[C@@H](C)CO[Si](C)(C)C(C)(C)C)O[Si](C)(C)C(C)(C)C. The second-order valence-corrected chi connectivity index (χ2v) is 23.1. The van der Waals surface area contributed by atoms with Gasteiger partial charge in [0.15, 0.2) is 16.6 Å². The first-order valence-corrected chi connectivity index (χ1v) is 19.2. The molecule has 0 heterocycles. The molecule has 4 atom stereocenters. The second kappa shape index (κ2) is 13.9. The molecule has 1 N–H and O–H groups in total. The van der Waals surface area contributed by atoms with Crippen LogP contribution < -0.4 is 0 Å². The van der Waals surface area contributed by atoms with Gasteiger partial charge in [-0.3, -0.25) is 4.79 Å². The van der Waals surface area contributed by atoms with Gasteiger partial charge >= 0.3 is 0 Å². The lowest BCUT2D eigenvalue weighted by Crippen LogP contribution is -2.45. The summed E-state index contributed by atoms with van der Waals surface area (Å²) in [5.74, 6) is 0.0954. The molecular weight excluding hydrogens is 456 g/mol. The van der Waals surface area contributed by atoms with Crippen LogP contribution in [0.15, 0.2) is 12.7 Å². The Hall–Kier alpha value is -0.276. The van der Waals surface area contributed by atoms with Crippen LogP contribution in [-0.4, -0.2) is 46.3 Å². The van der Waals surface area contributed by atoms with Crippen LogP contribution in [0.1, 0.15) is 93.9 Å². The van der Waals surface area contributed by atoms with E-state index < -0.39 is 22.7 Å². The number of hydrogen-bond donors (Lipinski definition) is 1. The molecule has 0 aliphatic heterocycles. The maximum absolute atomic E-state index is 13.1. The van der Waals surface area contributed by atoms with E-state index in [0.29, 0.717) is 18.8 Å². The number of Topliss-reactive ketones (excluding diaryl/α,β-unsaturated/α-hetero) is 1. The van der Waals surface area contributed by atoms with Gasteiger partial charge in [-0.15, -0.1) is 6.58 Å². The van der Waals surface area contributed by atoms with E-state index in [2.05, 4.69) is 81.2 Å². The van der Waals surface area contributed by atoms with Crippen LogP contribution in [0.2, 0.25) is 36.3 Å². The third kappa shape index (κ3) is 11.6. The second-order valence-electron chi connectivity index (χ2n) is 13.5. The topological polar surface area (TPSA) is 55.8 Å². The molecule has 0 amide bonds. The number of hydrogen-bond acceptors (Lipinski definition) is 4. The highest BCUT2D eigenvalue weighted by Gasteiger charge is 2.40. The van der Waals surface area contributed by atoms with Crippen molar-refractivity contribution in [2.75, 3.05) is 6.61 Å². The van der Waals surface area contributed by atoms with Crippen LogP contribution in [0.3, 0.4) is 0 Å². The number of carbonyl (C=O) groups excluding carboxylic acids is 1. The summed E-state index contributed by atoms with van der Waals surface area (Å²) in [7, 11) is -3.74. The van der Waals surface area contributed by atoms with E-state index in [0.717, 1.165) is 32.3 Å². The zero-order valence-electron chi connectivity index (χ0n) is 24.7. The van der Waals surface area contributed by atoms with Crippen LogP contribution in [0, 0.1) is 11.8 Å². The van der Waals surface area contributed by atoms with Crippen molar-refractivity contribution in [2.24, 2.45) is 11.8 Å². The minimum Gasteiger partial charge on any atom is -0.417 e. The zero-order chi connectivity index (χ0) is 27.0. The van der Waals surface area contributed by atoms with Gasteiger partial charge in [-0.05, 0) is 74.3 Å². The van der Waals surface area contributed by atoms with Gasteiger partial charge < -0.3 is 14.0 Å². The lowest BCUT2D eigenvalue weighted by Gasteiger charge is -2.39. The number of aliphatic hydroxyl groups excluding tert-OH is 1. The maximum Gasteiger partial charge on any atom is 0.192 e. The molecule has 0 saturated carbocycles. The number of aliphatic hydroxyl groups is 1. The highest BCUT2D eigenvalue weighted by molar-refractivity contribution is 6.74. The van der Waals surface area contributed by atoms with Gasteiger partial charge in [0, 0.05) is 18.9 Å². The van der Waals surface area contributed by atoms with E-state index >= 15 is 0 Å². The first-order valence-electron chi connectivity index (χ1n) is 13.4. The molecule has 4 nitrogen and oxygen atoms in total. The number of allylic oxidation sites excluding steroid dienone is 1. The lowest BCUT2D eigenvalue weighted by molar-refractivity contribution is -0.127. The minimum absolute atomic E-state index is 0.0834. The first-order chi connectivity index (χ1) is 15.2. The molecule has 0 fully saturated rings. The highest BCUT2D eigenvalue weighted by atomic mass is 28.4. The van der Waals surface area contributed by atoms with Crippen molar-refractivity contribution in [3.63, 3.8) is 0 Å². The predicted molar refractivity (Wildman–Crippen MR) is 152 cm³/mol. The Morgan fingerprint density at radius 2 is 1.47 bits per heavy atom. The molecule has 202 valence electrons. The molecule has 0 radical (unpaired) electrons. The van der Waals surface area contributed by atoms with Crippen molar-refractivity contribution in [1.29, 1.82) is 0 Å². The van der Waals surface area contributed by atoms with Crippen LogP contribution in [0.4, 0.5) is 0 Å². The molecule has 0 aromatic heterocycles. The van der Waals surface area contributed by atoms with Crippen LogP contribution in [-0.2, 0) is 13.6 Å². The zero-order valence-corrected chi connectivity index (χ0v) is 26.7. The fourth-order valence-corrected chi connectivity index (χ4v) is 5.79. The summed E-state index contributed by atoms with van der Waals surface area (Å²) in [5, 5.41) is 11.1. The Morgan fingerprint density at radius 3 is 1.94 bits per heavy atom. The number of rotatable bonds is 16. The standard InChI is InChI=1S/C28H58O4Si2/c1-14-15-16-17-24(32-34(12,13)28(7,8)9)20-26(30)23(3)25(29)19-18-22(2)21-31-33(10,11)27(4,5)6/h14,22-25,29H,1,15-21H2,2-13H3/t22-,23-,24-,25+/m1/s1. The molecular formula is C28H58O4Si2. The van der Waals surface area contributed by atoms with Crippen LogP contribution in [0.5, 0.6) is 0 Å². The molecule has 0 bridgehead atoms. The average Bonchev–Trinajstić information content (AvgIpc) is 2.67. The number of unbranched alkanes of at least 4 members (excludes halogenated alkanes) is 1. The Kier molecular flexibility index (Phi) is 13.8. The third-order valence-corrected chi connectivity index (χ3v) is 17.2. The van der Waals surface area contributed by atoms with Gasteiger partial charge in [-0.25, -0.2) is 0 Å². The molecule has 0 aliphatic rings. The van der Waals surface area contributed by atoms with E-state index in [-0.39, 0.29) is 27.9 Å². The Balaban J connectivity index is 4.90.